The summed E-state index contributed by atoms with van der Waals surface area (Å²) in [6, 6.07) is 7.93. The van der Waals surface area contributed by atoms with Crippen molar-refractivity contribution in [2.75, 3.05) is 0 Å². The minimum Gasteiger partial charge on any atom is -0.394 e. The van der Waals surface area contributed by atoms with E-state index in [0.717, 1.165) is 17.1 Å². The first kappa shape index (κ1) is 11.1. The molecule has 1 heterocycles. The van der Waals surface area contributed by atoms with Crippen LogP contribution in [0.5, 0.6) is 0 Å². The van der Waals surface area contributed by atoms with Crippen molar-refractivity contribution >= 4 is 11.5 Å². The molecule has 0 N–H and O–H groups in total. The Morgan fingerprint density at radius 1 is 1.19 bits per heavy atom. The molecule has 0 saturated heterocycles. The summed E-state index contributed by atoms with van der Waals surface area (Å²) in [5.74, 6) is 0.399. The SMILES string of the molecule is CC(C)(C)c1ccc(-c2nsc(=O)o2)cc1. The highest BCUT2D eigenvalue weighted by Gasteiger charge is 2.14. The summed E-state index contributed by atoms with van der Waals surface area (Å²) in [4.78, 5) is 10.5. The molecule has 0 bridgehead atoms. The molecule has 0 aliphatic carbocycles. The van der Waals surface area contributed by atoms with Gasteiger partial charge in [-0.3, -0.25) is 0 Å². The van der Waals surface area contributed by atoms with Crippen LogP contribution in [0.15, 0.2) is 33.5 Å². The molecule has 84 valence electrons. The molecule has 0 saturated carbocycles. The molecule has 4 heteroatoms. The van der Waals surface area contributed by atoms with Gasteiger partial charge in [0.2, 0.25) is 5.89 Å². The summed E-state index contributed by atoms with van der Waals surface area (Å²) in [6.45, 7) is 6.47. The number of hydrogen-bond donors (Lipinski definition) is 0. The second-order valence-corrected chi connectivity index (χ2v) is 5.37. The smallest absolute Gasteiger partial charge is 0.394 e. The third-order valence-corrected chi connectivity index (χ3v) is 2.87. The van der Waals surface area contributed by atoms with Crippen LogP contribution in [-0.2, 0) is 5.41 Å². The van der Waals surface area contributed by atoms with Crippen LogP contribution in [-0.4, -0.2) is 4.37 Å². The average molecular weight is 235 g/mol. The summed E-state index contributed by atoms with van der Waals surface area (Å²) < 4.78 is 8.89. The van der Waals surface area contributed by atoms with E-state index in [-0.39, 0.29) is 10.4 Å². The summed E-state index contributed by atoms with van der Waals surface area (Å²) in [6.07, 6.45) is 0. The Morgan fingerprint density at radius 3 is 2.25 bits per heavy atom. The summed E-state index contributed by atoms with van der Waals surface area (Å²) >= 11 is 0.837. The van der Waals surface area contributed by atoms with Gasteiger partial charge >= 0.3 is 4.94 Å². The highest BCUT2D eigenvalue weighted by molar-refractivity contribution is 7.02. The standard InChI is InChI=1S/C12H13NO2S/c1-12(2,3)9-6-4-8(5-7-9)10-13-16-11(14)15-10/h4-7H,1-3H3. The van der Waals surface area contributed by atoms with Crippen LogP contribution in [0.25, 0.3) is 11.5 Å². The quantitative estimate of drug-likeness (QED) is 0.763. The molecule has 1 aromatic heterocycles. The van der Waals surface area contributed by atoms with Crippen LogP contribution in [0.3, 0.4) is 0 Å². The number of hydrogen-bond acceptors (Lipinski definition) is 4. The highest BCUT2D eigenvalue weighted by atomic mass is 32.1. The topological polar surface area (TPSA) is 43.1 Å². The zero-order chi connectivity index (χ0) is 11.8. The second kappa shape index (κ2) is 3.87. The molecule has 16 heavy (non-hydrogen) atoms. The van der Waals surface area contributed by atoms with E-state index < -0.39 is 0 Å². The molecule has 0 amide bonds. The van der Waals surface area contributed by atoms with Crippen LogP contribution in [0.2, 0.25) is 0 Å². The Kier molecular flexibility index (Phi) is 2.68. The maximum absolute atomic E-state index is 10.9. The monoisotopic (exact) mass is 235 g/mol. The molecule has 0 atom stereocenters. The van der Waals surface area contributed by atoms with Gasteiger partial charge in [-0.25, -0.2) is 4.79 Å². The lowest BCUT2D eigenvalue weighted by atomic mass is 9.87. The number of rotatable bonds is 1. The summed E-state index contributed by atoms with van der Waals surface area (Å²) in [5, 5.41) is 0. The fraction of sp³-hybridized carbons (Fsp3) is 0.333. The maximum atomic E-state index is 10.9. The second-order valence-electron chi connectivity index (χ2n) is 4.67. The largest absolute Gasteiger partial charge is 0.414 e. The third kappa shape index (κ3) is 2.22. The van der Waals surface area contributed by atoms with Gasteiger partial charge in [0, 0.05) is 5.56 Å². The Labute approximate surface area is 97.9 Å². The fourth-order valence-electron chi connectivity index (χ4n) is 1.42. The van der Waals surface area contributed by atoms with Crippen LogP contribution in [0.1, 0.15) is 26.3 Å². The van der Waals surface area contributed by atoms with Crippen molar-refractivity contribution in [1.29, 1.82) is 0 Å². The molecule has 2 rings (SSSR count). The zero-order valence-corrected chi connectivity index (χ0v) is 10.3. The molecule has 2 aromatic rings. The minimum atomic E-state index is -0.366. The van der Waals surface area contributed by atoms with Gasteiger partial charge in [-0.1, -0.05) is 32.9 Å². The predicted molar refractivity (Wildman–Crippen MR) is 64.8 cm³/mol. The fourth-order valence-corrected chi connectivity index (χ4v) is 1.84. The van der Waals surface area contributed by atoms with Gasteiger partial charge in [0.1, 0.15) is 0 Å². The van der Waals surface area contributed by atoms with Crippen molar-refractivity contribution in [3.05, 3.63) is 39.6 Å². The lowest BCUT2D eigenvalue weighted by Gasteiger charge is -2.18. The molecule has 0 unspecified atom stereocenters. The number of nitrogens with zero attached hydrogens (tertiary/aromatic N) is 1. The Hall–Kier alpha value is -1.42. The molecule has 0 aliphatic heterocycles. The highest BCUT2D eigenvalue weighted by Crippen LogP contribution is 2.25. The number of aromatic nitrogens is 1. The molecule has 0 aliphatic rings. The van der Waals surface area contributed by atoms with Gasteiger partial charge < -0.3 is 4.42 Å². The van der Waals surface area contributed by atoms with Gasteiger partial charge in [0.15, 0.2) is 0 Å². The van der Waals surface area contributed by atoms with Crippen molar-refractivity contribution < 1.29 is 4.42 Å². The Bertz CT molecular complexity index is 531. The molecular weight excluding hydrogens is 222 g/mol. The van der Waals surface area contributed by atoms with Crippen LogP contribution < -0.4 is 4.94 Å². The predicted octanol–water partition coefficient (Wildman–Crippen LogP) is 3.06. The van der Waals surface area contributed by atoms with E-state index in [1.807, 2.05) is 24.3 Å². The normalized spacial score (nSPS) is 11.7. The van der Waals surface area contributed by atoms with E-state index in [9.17, 15) is 4.79 Å². The molecule has 0 radical (unpaired) electrons. The summed E-state index contributed by atoms with van der Waals surface area (Å²) in [7, 11) is 0. The van der Waals surface area contributed by atoms with E-state index in [1.165, 1.54) is 5.56 Å². The first-order chi connectivity index (χ1) is 7.47. The molecule has 0 spiro atoms. The van der Waals surface area contributed by atoms with Gasteiger partial charge in [0.25, 0.3) is 0 Å². The van der Waals surface area contributed by atoms with Gasteiger partial charge in [0.05, 0.1) is 11.5 Å². The summed E-state index contributed by atoms with van der Waals surface area (Å²) in [5.41, 5.74) is 2.21. The molecular formula is C12H13NO2S. The average Bonchev–Trinajstić information content (AvgIpc) is 2.64. The van der Waals surface area contributed by atoms with E-state index in [4.69, 9.17) is 4.42 Å². The molecule has 0 fully saturated rings. The number of benzene rings is 1. The van der Waals surface area contributed by atoms with E-state index in [1.54, 1.807) is 0 Å². The van der Waals surface area contributed by atoms with Crippen LogP contribution in [0, 0.1) is 0 Å². The maximum Gasteiger partial charge on any atom is 0.414 e. The lowest BCUT2D eigenvalue weighted by molar-refractivity contribution is 0.542. The van der Waals surface area contributed by atoms with E-state index in [2.05, 4.69) is 25.1 Å². The van der Waals surface area contributed by atoms with Crippen molar-refractivity contribution in [2.24, 2.45) is 0 Å². The van der Waals surface area contributed by atoms with Gasteiger partial charge in [-0.2, -0.15) is 0 Å². The zero-order valence-electron chi connectivity index (χ0n) is 9.48. The van der Waals surface area contributed by atoms with Crippen molar-refractivity contribution in [3.8, 4) is 11.5 Å². The third-order valence-electron chi connectivity index (χ3n) is 2.38. The van der Waals surface area contributed by atoms with E-state index in [0.29, 0.717) is 5.89 Å². The van der Waals surface area contributed by atoms with Crippen LogP contribution in [0.4, 0.5) is 0 Å². The van der Waals surface area contributed by atoms with Crippen molar-refractivity contribution in [1.82, 2.24) is 4.37 Å². The van der Waals surface area contributed by atoms with Gasteiger partial charge in [-0.05, 0) is 23.1 Å². The first-order valence-corrected chi connectivity index (χ1v) is 5.82. The van der Waals surface area contributed by atoms with E-state index >= 15 is 0 Å². The van der Waals surface area contributed by atoms with Crippen LogP contribution >= 0.6 is 11.5 Å². The first-order valence-electron chi connectivity index (χ1n) is 5.04. The van der Waals surface area contributed by atoms with Gasteiger partial charge in [-0.15, -0.1) is 4.37 Å². The minimum absolute atomic E-state index is 0.126. The Balaban J connectivity index is 2.36. The molecule has 3 nitrogen and oxygen atoms in total. The van der Waals surface area contributed by atoms with Crippen molar-refractivity contribution in [2.45, 2.75) is 26.2 Å². The Morgan fingerprint density at radius 2 is 1.81 bits per heavy atom. The molecule has 1 aromatic carbocycles. The van der Waals surface area contributed by atoms with Crippen molar-refractivity contribution in [3.63, 3.8) is 0 Å². The lowest BCUT2D eigenvalue weighted by Crippen LogP contribution is -2.10.